The molecule has 25 heavy (non-hydrogen) atoms. The number of amides is 1. The number of nitrogens with zero attached hydrogens (tertiary/aromatic N) is 1. The van der Waals surface area contributed by atoms with Gasteiger partial charge in [-0.3, -0.25) is 9.10 Å². The summed E-state index contributed by atoms with van der Waals surface area (Å²) in [7, 11) is -3.49. The van der Waals surface area contributed by atoms with Gasteiger partial charge in [-0.1, -0.05) is 32.0 Å². The number of para-hydroxylation sites is 1. The molecule has 0 saturated heterocycles. The van der Waals surface area contributed by atoms with Crippen LogP contribution < -0.4 is 9.62 Å². The molecule has 0 fully saturated rings. The quantitative estimate of drug-likeness (QED) is 0.819. The summed E-state index contributed by atoms with van der Waals surface area (Å²) in [6.45, 7) is 6.27. The second kappa shape index (κ2) is 7.74. The molecule has 0 aliphatic rings. The fourth-order valence-corrected chi connectivity index (χ4v) is 3.70. The van der Waals surface area contributed by atoms with Crippen molar-refractivity contribution in [2.75, 3.05) is 23.7 Å². The molecule has 1 N–H and O–H groups in total. The molecular weight excluding hydrogens is 340 g/mol. The molecule has 2 rings (SSSR count). The maximum atomic E-state index is 12.4. The van der Waals surface area contributed by atoms with Crippen LogP contribution in [0.25, 0.3) is 0 Å². The Morgan fingerprint density at radius 3 is 2.52 bits per heavy atom. The van der Waals surface area contributed by atoms with Gasteiger partial charge in [0, 0.05) is 6.54 Å². The highest BCUT2D eigenvalue weighted by molar-refractivity contribution is 7.92. The average Bonchev–Trinajstić information content (AvgIpc) is 3.05. The highest BCUT2D eigenvalue weighted by Gasteiger charge is 2.23. The standard InChI is InChI=1S/C18H24N2O4S/c1-13(2)15-8-5-7-14(3)17(15)20(25(4,22)23)11-10-19-18(21)16-9-6-12-24-16/h5-9,12-13H,10-11H2,1-4H3,(H,19,21). The summed E-state index contributed by atoms with van der Waals surface area (Å²) in [5, 5.41) is 2.69. The Labute approximate surface area is 148 Å². The fraction of sp³-hybridized carbons (Fsp3) is 0.389. The second-order valence-corrected chi connectivity index (χ2v) is 8.14. The number of hydrogen-bond acceptors (Lipinski definition) is 4. The average molecular weight is 364 g/mol. The zero-order valence-electron chi connectivity index (χ0n) is 14.9. The van der Waals surface area contributed by atoms with Crippen molar-refractivity contribution in [2.45, 2.75) is 26.7 Å². The molecule has 1 heterocycles. The lowest BCUT2D eigenvalue weighted by Gasteiger charge is -2.28. The molecule has 0 radical (unpaired) electrons. The lowest BCUT2D eigenvalue weighted by Crippen LogP contribution is -2.39. The lowest BCUT2D eigenvalue weighted by molar-refractivity contribution is 0.0927. The van der Waals surface area contributed by atoms with Gasteiger partial charge < -0.3 is 9.73 Å². The van der Waals surface area contributed by atoms with Gasteiger partial charge in [-0.2, -0.15) is 0 Å². The van der Waals surface area contributed by atoms with Crippen molar-refractivity contribution in [1.29, 1.82) is 0 Å². The predicted octanol–water partition coefficient (Wildman–Crippen LogP) is 2.91. The monoisotopic (exact) mass is 364 g/mol. The van der Waals surface area contributed by atoms with Gasteiger partial charge >= 0.3 is 0 Å². The molecule has 1 amide bonds. The van der Waals surface area contributed by atoms with Crippen LogP contribution in [0, 0.1) is 6.92 Å². The van der Waals surface area contributed by atoms with E-state index >= 15 is 0 Å². The number of carbonyl (C=O) groups is 1. The largest absolute Gasteiger partial charge is 0.459 e. The van der Waals surface area contributed by atoms with Crippen molar-refractivity contribution >= 4 is 21.6 Å². The minimum Gasteiger partial charge on any atom is -0.459 e. The Bertz CT molecular complexity index is 827. The van der Waals surface area contributed by atoms with Crippen LogP contribution >= 0.6 is 0 Å². The summed E-state index contributed by atoms with van der Waals surface area (Å²) in [6.07, 6.45) is 2.60. The van der Waals surface area contributed by atoms with Crippen LogP contribution in [0.15, 0.2) is 41.0 Å². The van der Waals surface area contributed by atoms with Crippen molar-refractivity contribution in [3.63, 3.8) is 0 Å². The van der Waals surface area contributed by atoms with E-state index in [2.05, 4.69) is 5.32 Å². The van der Waals surface area contributed by atoms with E-state index in [9.17, 15) is 13.2 Å². The van der Waals surface area contributed by atoms with Crippen LogP contribution in [0.4, 0.5) is 5.69 Å². The third-order valence-corrected chi connectivity index (χ3v) is 5.05. The fourth-order valence-electron chi connectivity index (χ4n) is 2.70. The molecule has 6 nitrogen and oxygen atoms in total. The van der Waals surface area contributed by atoms with Gasteiger partial charge in [-0.15, -0.1) is 0 Å². The topological polar surface area (TPSA) is 79.6 Å². The number of aryl methyl sites for hydroxylation is 1. The molecule has 1 aromatic heterocycles. The molecule has 1 aromatic carbocycles. The van der Waals surface area contributed by atoms with Gasteiger partial charge in [-0.25, -0.2) is 8.42 Å². The summed E-state index contributed by atoms with van der Waals surface area (Å²) in [5.74, 6) is 0.00819. The molecule has 0 spiro atoms. The number of carbonyl (C=O) groups excluding carboxylic acids is 1. The molecule has 0 aliphatic carbocycles. The van der Waals surface area contributed by atoms with E-state index in [1.807, 2.05) is 39.0 Å². The molecule has 136 valence electrons. The molecule has 0 atom stereocenters. The summed E-state index contributed by atoms with van der Waals surface area (Å²) in [6, 6.07) is 8.93. The normalized spacial score (nSPS) is 11.6. The number of sulfonamides is 1. The molecular formula is C18H24N2O4S. The Hall–Kier alpha value is -2.28. The molecule has 0 aliphatic heterocycles. The maximum absolute atomic E-state index is 12.4. The van der Waals surface area contributed by atoms with Crippen molar-refractivity contribution in [3.05, 3.63) is 53.5 Å². The van der Waals surface area contributed by atoms with Crippen molar-refractivity contribution in [1.82, 2.24) is 5.32 Å². The Morgan fingerprint density at radius 1 is 1.24 bits per heavy atom. The smallest absolute Gasteiger partial charge is 0.287 e. The first-order valence-electron chi connectivity index (χ1n) is 8.10. The summed E-state index contributed by atoms with van der Waals surface area (Å²) < 4.78 is 31.1. The van der Waals surface area contributed by atoms with E-state index in [4.69, 9.17) is 4.42 Å². The van der Waals surface area contributed by atoms with Gasteiger partial charge in [0.05, 0.1) is 24.8 Å². The number of rotatable bonds is 7. The second-order valence-electron chi connectivity index (χ2n) is 6.24. The number of furan rings is 1. The van der Waals surface area contributed by atoms with Crippen molar-refractivity contribution in [3.8, 4) is 0 Å². The van der Waals surface area contributed by atoms with E-state index in [0.29, 0.717) is 5.69 Å². The van der Waals surface area contributed by atoms with E-state index in [-0.39, 0.29) is 30.7 Å². The molecule has 0 bridgehead atoms. The first-order valence-corrected chi connectivity index (χ1v) is 9.95. The van der Waals surface area contributed by atoms with Crippen LogP contribution in [0.5, 0.6) is 0 Å². The number of anilines is 1. The van der Waals surface area contributed by atoms with Crippen LogP contribution in [-0.4, -0.2) is 33.7 Å². The first kappa shape index (κ1) is 19.1. The van der Waals surface area contributed by atoms with Gasteiger partial charge in [-0.05, 0) is 36.1 Å². The first-order chi connectivity index (χ1) is 11.7. The van der Waals surface area contributed by atoms with Crippen molar-refractivity contribution in [2.24, 2.45) is 0 Å². The third-order valence-electron chi connectivity index (χ3n) is 3.89. The van der Waals surface area contributed by atoms with Gasteiger partial charge in [0.1, 0.15) is 0 Å². The van der Waals surface area contributed by atoms with Gasteiger partial charge in [0.15, 0.2) is 5.76 Å². The zero-order valence-corrected chi connectivity index (χ0v) is 15.8. The molecule has 0 saturated carbocycles. The number of hydrogen-bond donors (Lipinski definition) is 1. The zero-order chi connectivity index (χ0) is 18.6. The number of nitrogens with one attached hydrogen (secondary N) is 1. The summed E-state index contributed by atoms with van der Waals surface area (Å²) in [5.41, 5.74) is 2.53. The SMILES string of the molecule is Cc1cccc(C(C)C)c1N(CCNC(=O)c1ccco1)S(C)(=O)=O. The van der Waals surface area contributed by atoms with Crippen LogP contribution in [-0.2, 0) is 10.0 Å². The minimum atomic E-state index is -3.49. The molecule has 7 heteroatoms. The Morgan fingerprint density at radius 2 is 1.96 bits per heavy atom. The maximum Gasteiger partial charge on any atom is 0.287 e. The third kappa shape index (κ3) is 4.63. The van der Waals surface area contributed by atoms with E-state index in [1.54, 1.807) is 12.1 Å². The van der Waals surface area contributed by atoms with Crippen LogP contribution in [0.2, 0.25) is 0 Å². The number of benzene rings is 1. The molecule has 0 unspecified atom stereocenters. The van der Waals surface area contributed by atoms with E-state index < -0.39 is 10.0 Å². The summed E-state index contributed by atoms with van der Waals surface area (Å²) in [4.78, 5) is 11.9. The van der Waals surface area contributed by atoms with Gasteiger partial charge in [0.25, 0.3) is 5.91 Å². The van der Waals surface area contributed by atoms with E-state index in [1.165, 1.54) is 16.8 Å². The van der Waals surface area contributed by atoms with Crippen LogP contribution in [0.3, 0.4) is 0 Å². The predicted molar refractivity (Wildman–Crippen MR) is 98.5 cm³/mol. The lowest BCUT2D eigenvalue weighted by atomic mass is 9.98. The highest BCUT2D eigenvalue weighted by atomic mass is 32.2. The van der Waals surface area contributed by atoms with Crippen molar-refractivity contribution < 1.29 is 17.6 Å². The van der Waals surface area contributed by atoms with E-state index in [0.717, 1.165) is 11.1 Å². The molecule has 2 aromatic rings. The van der Waals surface area contributed by atoms with Crippen LogP contribution in [0.1, 0.15) is 41.4 Å². The highest BCUT2D eigenvalue weighted by Crippen LogP contribution is 2.32. The Balaban J connectivity index is 2.23. The minimum absolute atomic E-state index is 0.149. The Kier molecular flexibility index (Phi) is 5.89. The summed E-state index contributed by atoms with van der Waals surface area (Å²) >= 11 is 0. The van der Waals surface area contributed by atoms with Gasteiger partial charge in [0.2, 0.25) is 10.0 Å².